The summed E-state index contributed by atoms with van der Waals surface area (Å²) in [4.78, 5) is 25.9. The minimum atomic E-state index is -4.67. The molecule has 1 heterocycles. The van der Waals surface area contributed by atoms with Crippen molar-refractivity contribution in [3.8, 4) is 0 Å². The lowest BCUT2D eigenvalue weighted by atomic mass is 10.3. The van der Waals surface area contributed by atoms with E-state index in [1.54, 1.807) is 12.1 Å². The van der Waals surface area contributed by atoms with Crippen LogP contribution in [0.1, 0.15) is 6.42 Å². The average Bonchev–Trinajstić information content (AvgIpc) is 2.53. The number of carbonyl (C=O) groups is 2. The Hall–Kier alpha value is -2.18. The Morgan fingerprint density at radius 2 is 1.94 bits per heavy atom. The number of benzene rings is 1. The van der Waals surface area contributed by atoms with Gasteiger partial charge in [-0.15, -0.1) is 0 Å². The first-order valence-electron chi connectivity index (χ1n) is 4.87. The minimum absolute atomic E-state index is 0.220. The summed E-state index contributed by atoms with van der Waals surface area (Å²) in [6.45, 7) is 0. The van der Waals surface area contributed by atoms with Gasteiger partial charge in [-0.1, -0.05) is 12.1 Å². The van der Waals surface area contributed by atoms with E-state index in [0.29, 0.717) is 0 Å². The van der Waals surface area contributed by atoms with Gasteiger partial charge in [0.2, 0.25) is 5.76 Å². The molecule has 7 heteroatoms. The molecule has 18 heavy (non-hydrogen) atoms. The van der Waals surface area contributed by atoms with E-state index in [4.69, 9.17) is 0 Å². The minimum Gasteiger partial charge on any atom is -0.420 e. The summed E-state index contributed by atoms with van der Waals surface area (Å²) in [5.74, 6) is -2.84. The summed E-state index contributed by atoms with van der Waals surface area (Å²) in [7, 11) is 0. The molecule has 0 spiro atoms. The van der Waals surface area contributed by atoms with Gasteiger partial charge in [0.25, 0.3) is 0 Å². The van der Waals surface area contributed by atoms with E-state index in [-0.39, 0.29) is 10.6 Å². The predicted octanol–water partition coefficient (Wildman–Crippen LogP) is 0.450. The number of alkyl halides is 3. The Balaban J connectivity index is 2.29. The molecule has 1 aliphatic heterocycles. The smallest absolute Gasteiger partial charge is 0.399 e. The maximum absolute atomic E-state index is 12.0. The van der Waals surface area contributed by atoms with Gasteiger partial charge >= 0.3 is 18.1 Å². The number of hydrogen-bond acceptors (Lipinski definition) is 3. The summed E-state index contributed by atoms with van der Waals surface area (Å²) in [6.07, 6.45) is -6.41. The topological polar surface area (TPSA) is 55.7 Å². The molecule has 4 nitrogen and oxygen atoms in total. The molecular weight excluding hydrogens is 251 g/mol. The van der Waals surface area contributed by atoms with Crippen LogP contribution in [-0.4, -0.2) is 18.1 Å². The zero-order valence-electron chi connectivity index (χ0n) is 8.82. The van der Waals surface area contributed by atoms with Crippen molar-refractivity contribution in [3.63, 3.8) is 0 Å². The van der Waals surface area contributed by atoms with Crippen molar-refractivity contribution in [2.75, 3.05) is 0 Å². The quantitative estimate of drug-likeness (QED) is 0.723. The number of carbonyl (C=O) groups excluding carboxylic acids is 2. The van der Waals surface area contributed by atoms with Gasteiger partial charge in [0.15, 0.2) is 0 Å². The largest absolute Gasteiger partial charge is 0.420 e. The number of nitrogens with zero attached hydrogens (tertiary/aromatic N) is 1. The first kappa shape index (κ1) is 12.3. The van der Waals surface area contributed by atoms with Crippen LogP contribution in [0.5, 0.6) is 0 Å². The first-order chi connectivity index (χ1) is 8.37. The molecule has 0 saturated carbocycles. The number of hydrogen-bond donors (Lipinski definition) is 0. The van der Waals surface area contributed by atoms with Gasteiger partial charge in [-0.3, -0.25) is 9.59 Å². The Kier molecular flexibility index (Phi) is 2.90. The van der Waals surface area contributed by atoms with E-state index in [2.05, 4.69) is 9.73 Å². The molecule has 1 amide bonds. The Morgan fingerprint density at radius 3 is 2.61 bits per heavy atom. The second-order valence-electron chi connectivity index (χ2n) is 3.53. The Bertz CT molecular complexity index is 634. The summed E-state index contributed by atoms with van der Waals surface area (Å²) >= 11 is 0. The Morgan fingerprint density at radius 1 is 1.28 bits per heavy atom. The molecule has 0 aliphatic carbocycles. The van der Waals surface area contributed by atoms with Crippen molar-refractivity contribution in [2.45, 2.75) is 12.6 Å². The second kappa shape index (κ2) is 4.25. The van der Waals surface area contributed by atoms with Gasteiger partial charge < -0.3 is 4.74 Å². The summed E-state index contributed by atoms with van der Waals surface area (Å²) < 4.78 is 40.3. The van der Waals surface area contributed by atoms with Crippen LogP contribution in [0.15, 0.2) is 29.3 Å². The van der Waals surface area contributed by atoms with Crippen molar-refractivity contribution < 1.29 is 27.5 Å². The van der Waals surface area contributed by atoms with Gasteiger partial charge in [0, 0.05) is 5.22 Å². The van der Waals surface area contributed by atoms with E-state index in [1.165, 1.54) is 12.1 Å². The molecule has 0 radical (unpaired) electrons. The molecular formula is C11H6F3NO3. The summed E-state index contributed by atoms with van der Waals surface area (Å²) in [5.41, 5.74) is 0. The molecule has 0 bridgehead atoms. The number of ether oxygens (including phenoxy) is 1. The third-order valence-electron chi connectivity index (χ3n) is 2.13. The SMILES string of the molecule is O=C(CC(F)(F)F)OC1=c2ccccc2=NC1=O. The standard InChI is InChI=1S/C11H6F3NO3/c12-11(13,14)5-8(16)18-9-6-3-1-2-4-7(6)15-10(9)17/h1-4H,5H2. The van der Waals surface area contributed by atoms with Crippen LogP contribution in [0, 0.1) is 0 Å². The fraction of sp³-hybridized carbons (Fsp3) is 0.182. The van der Waals surface area contributed by atoms with Crippen molar-refractivity contribution in [1.82, 2.24) is 0 Å². The monoisotopic (exact) mass is 257 g/mol. The maximum Gasteiger partial charge on any atom is 0.399 e. The molecule has 1 aromatic carbocycles. The second-order valence-corrected chi connectivity index (χ2v) is 3.53. The van der Waals surface area contributed by atoms with E-state index in [1.807, 2.05) is 0 Å². The van der Waals surface area contributed by atoms with Gasteiger partial charge in [-0.25, -0.2) is 4.99 Å². The highest BCUT2D eigenvalue weighted by atomic mass is 19.4. The Labute approximate surface area is 98.4 Å². The van der Waals surface area contributed by atoms with Crippen molar-refractivity contribution in [1.29, 1.82) is 0 Å². The van der Waals surface area contributed by atoms with Crippen LogP contribution < -0.4 is 10.6 Å². The van der Waals surface area contributed by atoms with Crippen LogP contribution >= 0.6 is 0 Å². The van der Waals surface area contributed by atoms with Crippen LogP contribution in [0.3, 0.4) is 0 Å². The average molecular weight is 257 g/mol. The number of fused-ring (bicyclic) bond motifs is 1. The van der Waals surface area contributed by atoms with Crippen LogP contribution in [0.2, 0.25) is 0 Å². The molecule has 2 rings (SSSR count). The zero-order valence-corrected chi connectivity index (χ0v) is 8.82. The zero-order chi connectivity index (χ0) is 13.3. The highest BCUT2D eigenvalue weighted by molar-refractivity contribution is 6.14. The summed E-state index contributed by atoms with van der Waals surface area (Å²) in [5, 5.41) is 0.496. The number of amides is 1. The van der Waals surface area contributed by atoms with E-state index in [9.17, 15) is 22.8 Å². The number of halogens is 3. The third kappa shape index (κ3) is 2.55. The lowest BCUT2D eigenvalue weighted by Gasteiger charge is -2.06. The highest BCUT2D eigenvalue weighted by Gasteiger charge is 2.33. The van der Waals surface area contributed by atoms with E-state index in [0.717, 1.165) is 0 Å². The fourth-order valence-electron chi connectivity index (χ4n) is 1.45. The molecule has 94 valence electrons. The van der Waals surface area contributed by atoms with E-state index < -0.39 is 30.2 Å². The first-order valence-corrected chi connectivity index (χ1v) is 4.87. The number of rotatable bonds is 2. The van der Waals surface area contributed by atoms with Crippen LogP contribution in [0.4, 0.5) is 13.2 Å². The van der Waals surface area contributed by atoms with Crippen molar-refractivity contribution >= 4 is 17.6 Å². The summed E-state index contributed by atoms with van der Waals surface area (Å²) in [6, 6.07) is 6.11. The van der Waals surface area contributed by atoms with Crippen molar-refractivity contribution in [2.24, 2.45) is 4.99 Å². The van der Waals surface area contributed by atoms with Gasteiger partial charge in [-0.05, 0) is 12.1 Å². The number of esters is 1. The number of para-hydroxylation sites is 1. The molecule has 1 aromatic rings. The molecule has 0 atom stereocenters. The lowest BCUT2D eigenvalue weighted by molar-refractivity contribution is -0.166. The van der Waals surface area contributed by atoms with E-state index >= 15 is 0 Å². The fourth-order valence-corrected chi connectivity index (χ4v) is 1.45. The lowest BCUT2D eigenvalue weighted by Crippen LogP contribution is -2.25. The highest BCUT2D eigenvalue weighted by Crippen LogP contribution is 2.21. The molecule has 0 saturated heterocycles. The van der Waals surface area contributed by atoms with Gasteiger partial charge in [-0.2, -0.15) is 13.2 Å². The van der Waals surface area contributed by atoms with Crippen LogP contribution in [-0.2, 0) is 14.3 Å². The van der Waals surface area contributed by atoms with Crippen LogP contribution in [0.25, 0.3) is 5.76 Å². The van der Waals surface area contributed by atoms with Gasteiger partial charge in [0.05, 0.1) is 5.36 Å². The molecule has 0 fully saturated rings. The molecule has 0 aromatic heterocycles. The molecule has 1 aliphatic rings. The maximum atomic E-state index is 12.0. The predicted molar refractivity (Wildman–Crippen MR) is 52.4 cm³/mol. The molecule has 0 N–H and O–H groups in total. The van der Waals surface area contributed by atoms with Gasteiger partial charge in [0.1, 0.15) is 6.42 Å². The van der Waals surface area contributed by atoms with Crippen molar-refractivity contribution in [3.05, 3.63) is 34.8 Å². The molecule has 0 unspecified atom stereocenters. The third-order valence-corrected chi connectivity index (χ3v) is 2.13. The normalized spacial score (nSPS) is 14.2.